The average molecular weight is 386 g/mol. The molecule has 4 fully saturated rings. The van der Waals surface area contributed by atoms with Gasteiger partial charge < -0.3 is 5.32 Å². The summed E-state index contributed by atoms with van der Waals surface area (Å²) >= 11 is 0. The highest BCUT2D eigenvalue weighted by Crippen LogP contribution is 2.53. The van der Waals surface area contributed by atoms with Crippen LogP contribution in [0.1, 0.15) is 46.0 Å². The van der Waals surface area contributed by atoms with Crippen molar-refractivity contribution >= 4 is 29.2 Å². The monoisotopic (exact) mass is 386 g/mol. The highest BCUT2D eigenvalue weighted by molar-refractivity contribution is 7.89. The molecule has 4 bridgehead atoms. The molecule has 0 spiro atoms. The van der Waals surface area contributed by atoms with E-state index in [-0.39, 0.29) is 22.3 Å². The number of hydrogen-bond donors (Lipinski definition) is 2. The second-order valence-electron chi connectivity index (χ2n) is 9.20. The van der Waals surface area contributed by atoms with Crippen LogP contribution in [0.25, 0.3) is 0 Å². The van der Waals surface area contributed by atoms with Gasteiger partial charge in [-0.05, 0) is 75.7 Å². The molecule has 2 radical (unpaired) electrons. The summed E-state index contributed by atoms with van der Waals surface area (Å²) in [4.78, 5) is 13.0. The molecule has 5 rings (SSSR count). The van der Waals surface area contributed by atoms with E-state index in [9.17, 15) is 13.2 Å². The van der Waals surface area contributed by atoms with Crippen LogP contribution in [0.2, 0.25) is 0 Å². The first kappa shape index (κ1) is 19.0. The van der Waals surface area contributed by atoms with Crippen LogP contribution in [0, 0.1) is 23.7 Å². The van der Waals surface area contributed by atoms with Crippen LogP contribution >= 0.6 is 0 Å². The molecule has 0 unspecified atom stereocenters. The summed E-state index contributed by atoms with van der Waals surface area (Å²) in [6.07, 6.45) is 6.15. The Labute approximate surface area is 163 Å². The Morgan fingerprint density at radius 3 is 2.15 bits per heavy atom. The second-order valence-corrected chi connectivity index (χ2v) is 10.8. The summed E-state index contributed by atoms with van der Waals surface area (Å²) in [6.45, 7) is 3.21. The largest absolute Gasteiger partial charge is 0.351 e. The van der Waals surface area contributed by atoms with Gasteiger partial charge in [-0.2, -0.15) is 4.72 Å². The van der Waals surface area contributed by atoms with Crippen LogP contribution in [0.15, 0.2) is 29.2 Å². The molecule has 0 aromatic heterocycles. The normalized spacial score (nSPS) is 32.4. The maximum atomic E-state index is 13.0. The first-order valence-electron chi connectivity index (χ1n) is 9.85. The van der Waals surface area contributed by atoms with Crippen molar-refractivity contribution in [2.45, 2.75) is 62.4 Å². The SMILES string of the molecule is [B]c1ccccc1S(=O)(=O)NC(C)(C)C(=O)NC1C2CC3CC(C2)CC1C3. The molecule has 4 saturated carbocycles. The molecule has 1 amide bonds. The predicted molar refractivity (Wildman–Crippen MR) is 105 cm³/mol. The minimum atomic E-state index is -3.89. The fourth-order valence-corrected chi connectivity index (χ4v) is 7.17. The number of hydrogen-bond acceptors (Lipinski definition) is 3. The molecule has 0 atom stereocenters. The van der Waals surface area contributed by atoms with Crippen LogP contribution in [-0.2, 0) is 14.8 Å². The van der Waals surface area contributed by atoms with Gasteiger partial charge >= 0.3 is 0 Å². The van der Waals surface area contributed by atoms with Crippen molar-refractivity contribution in [2.75, 3.05) is 0 Å². The van der Waals surface area contributed by atoms with E-state index < -0.39 is 15.6 Å². The van der Waals surface area contributed by atoms with E-state index in [1.165, 1.54) is 44.2 Å². The van der Waals surface area contributed by atoms with E-state index >= 15 is 0 Å². The smallest absolute Gasteiger partial charge is 0.240 e. The third-order valence-corrected chi connectivity index (χ3v) is 8.42. The van der Waals surface area contributed by atoms with Crippen molar-refractivity contribution in [3.8, 4) is 0 Å². The lowest BCUT2D eigenvalue weighted by Gasteiger charge is -2.54. The highest BCUT2D eigenvalue weighted by atomic mass is 32.2. The molecule has 5 nitrogen and oxygen atoms in total. The van der Waals surface area contributed by atoms with Gasteiger partial charge in [0.25, 0.3) is 0 Å². The first-order chi connectivity index (χ1) is 12.7. The Bertz CT molecular complexity index is 825. The van der Waals surface area contributed by atoms with Crippen LogP contribution in [0.4, 0.5) is 0 Å². The molecule has 4 aliphatic carbocycles. The van der Waals surface area contributed by atoms with Gasteiger partial charge in [0.15, 0.2) is 0 Å². The zero-order valence-corrected chi connectivity index (χ0v) is 16.8. The molecule has 1 aromatic carbocycles. The maximum Gasteiger partial charge on any atom is 0.240 e. The molecule has 27 heavy (non-hydrogen) atoms. The summed E-state index contributed by atoms with van der Waals surface area (Å²) in [5.41, 5.74) is -1.09. The van der Waals surface area contributed by atoms with Gasteiger partial charge in [0.05, 0.1) is 4.90 Å². The van der Waals surface area contributed by atoms with Gasteiger partial charge in [-0.3, -0.25) is 4.79 Å². The number of amides is 1. The number of benzene rings is 1. The summed E-state index contributed by atoms with van der Waals surface area (Å²) < 4.78 is 28.0. The zero-order chi connectivity index (χ0) is 19.4. The van der Waals surface area contributed by atoms with Crippen molar-refractivity contribution in [3.05, 3.63) is 24.3 Å². The molecule has 2 N–H and O–H groups in total. The number of nitrogens with one attached hydrogen (secondary N) is 2. The quantitative estimate of drug-likeness (QED) is 0.753. The minimum absolute atomic E-state index is 0.000462. The lowest BCUT2D eigenvalue weighted by atomic mass is 9.54. The highest BCUT2D eigenvalue weighted by Gasteiger charge is 2.49. The Morgan fingerprint density at radius 1 is 1.04 bits per heavy atom. The summed E-state index contributed by atoms with van der Waals surface area (Å²) in [5.74, 6) is 2.48. The lowest BCUT2D eigenvalue weighted by Crippen LogP contribution is -2.62. The van der Waals surface area contributed by atoms with Crippen molar-refractivity contribution in [3.63, 3.8) is 0 Å². The van der Waals surface area contributed by atoms with E-state index in [0.717, 1.165) is 11.8 Å². The molecule has 0 aliphatic heterocycles. The standard InChI is InChI=1S/C20H27BN2O3S/c1-20(2,23-27(25,26)17-6-4-3-5-16(17)21)19(24)22-18-14-8-12-7-13(10-14)11-15(18)9-12/h3-6,12-15,18,23H,7-11H2,1-2H3,(H,22,24). The maximum absolute atomic E-state index is 13.0. The van der Waals surface area contributed by atoms with Gasteiger partial charge in [0, 0.05) is 6.04 Å². The molecule has 144 valence electrons. The summed E-state index contributed by atoms with van der Waals surface area (Å²) in [5, 5.41) is 3.19. The minimum Gasteiger partial charge on any atom is -0.351 e. The van der Waals surface area contributed by atoms with Gasteiger partial charge in [-0.1, -0.05) is 23.7 Å². The van der Waals surface area contributed by atoms with Crippen LogP contribution in [0.3, 0.4) is 0 Å². The van der Waals surface area contributed by atoms with E-state index in [0.29, 0.717) is 11.8 Å². The average Bonchev–Trinajstić information content (AvgIpc) is 2.56. The van der Waals surface area contributed by atoms with Crippen LogP contribution in [-0.4, -0.2) is 33.8 Å². The molecular formula is C20H27BN2O3S. The van der Waals surface area contributed by atoms with Crippen molar-refractivity contribution in [1.29, 1.82) is 0 Å². The third-order valence-electron chi connectivity index (χ3n) is 6.69. The zero-order valence-electron chi connectivity index (χ0n) is 15.9. The van der Waals surface area contributed by atoms with Crippen LogP contribution < -0.4 is 15.5 Å². The molecule has 1 aromatic rings. The summed E-state index contributed by atoms with van der Waals surface area (Å²) in [7, 11) is 1.92. The van der Waals surface area contributed by atoms with Gasteiger partial charge in [0.1, 0.15) is 13.4 Å². The molecule has 4 aliphatic rings. The third kappa shape index (κ3) is 3.56. The van der Waals surface area contributed by atoms with E-state index in [1.807, 2.05) is 0 Å². The lowest BCUT2D eigenvalue weighted by molar-refractivity contribution is -0.129. The second kappa shape index (κ2) is 6.62. The predicted octanol–water partition coefficient (Wildman–Crippen LogP) is 1.48. The summed E-state index contributed by atoms with van der Waals surface area (Å²) in [6, 6.07) is 6.46. The van der Waals surface area contributed by atoms with E-state index in [1.54, 1.807) is 26.0 Å². The van der Waals surface area contributed by atoms with Gasteiger partial charge in [0.2, 0.25) is 15.9 Å². The number of rotatable bonds is 5. The van der Waals surface area contributed by atoms with Crippen molar-refractivity contribution in [1.82, 2.24) is 10.0 Å². The fourth-order valence-electron chi connectivity index (χ4n) is 5.66. The fraction of sp³-hybridized carbons (Fsp3) is 0.650. The van der Waals surface area contributed by atoms with E-state index in [4.69, 9.17) is 7.85 Å². The van der Waals surface area contributed by atoms with Crippen LogP contribution in [0.5, 0.6) is 0 Å². The molecular weight excluding hydrogens is 359 g/mol. The van der Waals surface area contributed by atoms with Gasteiger partial charge in [-0.15, -0.1) is 0 Å². The molecule has 0 saturated heterocycles. The Balaban J connectivity index is 1.47. The molecule has 0 heterocycles. The number of carbonyl (C=O) groups is 1. The molecule has 7 heteroatoms. The Morgan fingerprint density at radius 2 is 1.59 bits per heavy atom. The van der Waals surface area contributed by atoms with E-state index in [2.05, 4.69) is 10.0 Å². The van der Waals surface area contributed by atoms with Crippen molar-refractivity contribution in [2.24, 2.45) is 23.7 Å². The topological polar surface area (TPSA) is 75.3 Å². The number of sulfonamides is 1. The van der Waals surface area contributed by atoms with Gasteiger partial charge in [-0.25, -0.2) is 8.42 Å². The van der Waals surface area contributed by atoms with Crippen molar-refractivity contribution < 1.29 is 13.2 Å². The first-order valence-corrected chi connectivity index (χ1v) is 11.3. The Hall–Kier alpha value is -1.34. The Kier molecular flexibility index (Phi) is 4.66. The number of carbonyl (C=O) groups excluding carboxylic acids is 1.